The fourth-order valence-corrected chi connectivity index (χ4v) is 1.37. The summed E-state index contributed by atoms with van der Waals surface area (Å²) >= 11 is 0. The number of hydrogen-bond donors (Lipinski definition) is 1. The van der Waals surface area contributed by atoms with E-state index in [9.17, 15) is 0 Å². The third kappa shape index (κ3) is 2.40. The minimum atomic E-state index is 0.912. The molecule has 0 saturated heterocycles. The van der Waals surface area contributed by atoms with Crippen molar-refractivity contribution in [3.05, 3.63) is 0 Å². The molecule has 0 spiro atoms. The summed E-state index contributed by atoms with van der Waals surface area (Å²) in [7, 11) is 0. The van der Waals surface area contributed by atoms with E-state index >= 15 is 0 Å². The molecular weight excluding hydrogens is 150 g/mol. The third-order valence-electron chi connectivity index (χ3n) is 2.09. The van der Waals surface area contributed by atoms with Crippen molar-refractivity contribution in [3.63, 3.8) is 0 Å². The first-order chi connectivity index (χ1) is 5.88. The Balaban J connectivity index is 2.28. The van der Waals surface area contributed by atoms with Gasteiger partial charge in [0.15, 0.2) is 0 Å². The second-order valence-corrected chi connectivity index (χ2v) is 3.21. The number of nitrogens with zero attached hydrogens (tertiary/aromatic N) is 2. The second-order valence-electron chi connectivity index (χ2n) is 3.21. The zero-order valence-electron chi connectivity index (χ0n) is 8.14. The molecule has 3 heteroatoms. The Morgan fingerprint density at radius 1 is 1.42 bits per heavy atom. The van der Waals surface area contributed by atoms with E-state index in [0.29, 0.717) is 0 Å². The fraction of sp³-hybridized carbons (Fsp3) is 0.889. The van der Waals surface area contributed by atoms with Crippen molar-refractivity contribution >= 4 is 5.84 Å². The molecule has 12 heavy (non-hydrogen) atoms. The van der Waals surface area contributed by atoms with Crippen molar-refractivity contribution in [2.75, 3.05) is 13.2 Å². The molecule has 0 atom stereocenters. The van der Waals surface area contributed by atoms with Crippen LogP contribution in [0.1, 0.15) is 39.5 Å². The first kappa shape index (κ1) is 9.36. The number of hydrogen-bond acceptors (Lipinski definition) is 3. The molecular formula is C9H19N3. The van der Waals surface area contributed by atoms with Crippen LogP contribution < -0.4 is 5.43 Å². The summed E-state index contributed by atoms with van der Waals surface area (Å²) in [6.07, 6.45) is 4.82. The zero-order chi connectivity index (χ0) is 8.81. The van der Waals surface area contributed by atoms with Crippen molar-refractivity contribution in [2.24, 2.45) is 5.10 Å². The summed E-state index contributed by atoms with van der Waals surface area (Å²) < 4.78 is 0. The monoisotopic (exact) mass is 169 g/mol. The van der Waals surface area contributed by atoms with E-state index < -0.39 is 0 Å². The van der Waals surface area contributed by atoms with Crippen LogP contribution in [0.2, 0.25) is 0 Å². The van der Waals surface area contributed by atoms with E-state index in [0.717, 1.165) is 19.6 Å². The molecule has 0 aromatic rings. The van der Waals surface area contributed by atoms with Gasteiger partial charge >= 0.3 is 0 Å². The van der Waals surface area contributed by atoms with Gasteiger partial charge in [-0.1, -0.05) is 20.3 Å². The highest BCUT2D eigenvalue weighted by Gasteiger charge is 2.13. The molecule has 1 rings (SSSR count). The lowest BCUT2D eigenvalue weighted by Crippen LogP contribution is -2.30. The van der Waals surface area contributed by atoms with Crippen LogP contribution in [-0.2, 0) is 0 Å². The zero-order valence-corrected chi connectivity index (χ0v) is 8.14. The van der Waals surface area contributed by atoms with Gasteiger partial charge in [-0.3, -0.25) is 5.43 Å². The summed E-state index contributed by atoms with van der Waals surface area (Å²) in [6, 6.07) is 0. The van der Waals surface area contributed by atoms with E-state index in [1.54, 1.807) is 0 Å². The molecule has 0 unspecified atom stereocenters. The number of amidine groups is 1. The van der Waals surface area contributed by atoms with E-state index in [2.05, 4.69) is 29.3 Å². The SMILES string of the molecule is CCCCN1CNN=C1CCC. The summed E-state index contributed by atoms with van der Waals surface area (Å²) in [5, 5.41) is 4.25. The number of hydrazone groups is 1. The van der Waals surface area contributed by atoms with Crippen LogP contribution in [0.5, 0.6) is 0 Å². The molecule has 0 radical (unpaired) electrons. The molecule has 3 nitrogen and oxygen atoms in total. The molecule has 0 aliphatic carbocycles. The lowest BCUT2D eigenvalue weighted by molar-refractivity contribution is 0.408. The maximum absolute atomic E-state index is 4.25. The van der Waals surface area contributed by atoms with Crippen molar-refractivity contribution < 1.29 is 0 Å². The Morgan fingerprint density at radius 2 is 2.25 bits per heavy atom. The Morgan fingerprint density at radius 3 is 2.92 bits per heavy atom. The minimum absolute atomic E-state index is 0.912. The summed E-state index contributed by atoms with van der Waals surface area (Å²) in [5.74, 6) is 1.24. The molecule has 0 aromatic heterocycles. The van der Waals surface area contributed by atoms with Crippen molar-refractivity contribution in [1.29, 1.82) is 0 Å². The van der Waals surface area contributed by atoms with E-state index in [-0.39, 0.29) is 0 Å². The first-order valence-corrected chi connectivity index (χ1v) is 4.92. The Labute approximate surface area is 74.8 Å². The van der Waals surface area contributed by atoms with Crippen LogP contribution in [0.15, 0.2) is 5.10 Å². The van der Waals surface area contributed by atoms with E-state index in [1.807, 2.05) is 0 Å². The molecule has 0 saturated carbocycles. The van der Waals surface area contributed by atoms with Gasteiger partial charge in [0.05, 0.1) is 0 Å². The van der Waals surface area contributed by atoms with Gasteiger partial charge in [0.2, 0.25) is 0 Å². The molecule has 1 N–H and O–H groups in total. The third-order valence-corrected chi connectivity index (χ3v) is 2.09. The molecule has 0 bridgehead atoms. The Kier molecular flexibility index (Phi) is 3.91. The van der Waals surface area contributed by atoms with Crippen LogP contribution in [0.4, 0.5) is 0 Å². The highest BCUT2D eigenvalue weighted by Crippen LogP contribution is 2.05. The standard InChI is InChI=1S/C9H19N3/c1-3-5-7-12-8-10-11-9(12)6-4-2/h10H,3-8H2,1-2H3. The lowest BCUT2D eigenvalue weighted by Gasteiger charge is -2.17. The maximum Gasteiger partial charge on any atom is 0.126 e. The van der Waals surface area contributed by atoms with Gasteiger partial charge in [0, 0.05) is 13.0 Å². The predicted molar refractivity (Wildman–Crippen MR) is 52.0 cm³/mol. The molecule has 1 aliphatic rings. The second kappa shape index (κ2) is 5.01. The maximum atomic E-state index is 4.25. The van der Waals surface area contributed by atoms with Crippen molar-refractivity contribution in [3.8, 4) is 0 Å². The lowest BCUT2D eigenvalue weighted by atomic mass is 10.2. The van der Waals surface area contributed by atoms with Gasteiger partial charge in [0.1, 0.15) is 12.5 Å². The molecule has 70 valence electrons. The average molecular weight is 169 g/mol. The Hall–Kier alpha value is -0.730. The molecule has 0 amide bonds. The fourth-order valence-electron chi connectivity index (χ4n) is 1.37. The average Bonchev–Trinajstić information content (AvgIpc) is 2.50. The topological polar surface area (TPSA) is 27.6 Å². The van der Waals surface area contributed by atoms with Crippen molar-refractivity contribution in [2.45, 2.75) is 39.5 Å². The summed E-state index contributed by atoms with van der Waals surface area (Å²) in [5.41, 5.74) is 3.03. The molecule has 0 aromatic carbocycles. The smallest absolute Gasteiger partial charge is 0.126 e. The van der Waals surface area contributed by atoms with Crippen LogP contribution in [0.25, 0.3) is 0 Å². The molecule has 1 aliphatic heterocycles. The van der Waals surface area contributed by atoms with Gasteiger partial charge in [-0.25, -0.2) is 0 Å². The predicted octanol–water partition coefficient (Wildman–Crippen LogP) is 1.76. The summed E-state index contributed by atoms with van der Waals surface area (Å²) in [4.78, 5) is 2.34. The first-order valence-electron chi connectivity index (χ1n) is 4.92. The van der Waals surface area contributed by atoms with Crippen LogP contribution in [-0.4, -0.2) is 23.9 Å². The quantitative estimate of drug-likeness (QED) is 0.679. The summed E-state index contributed by atoms with van der Waals surface area (Å²) in [6.45, 7) is 6.48. The van der Waals surface area contributed by atoms with E-state index in [4.69, 9.17) is 0 Å². The van der Waals surface area contributed by atoms with E-state index in [1.165, 1.54) is 25.1 Å². The van der Waals surface area contributed by atoms with Gasteiger partial charge in [-0.2, -0.15) is 5.10 Å². The van der Waals surface area contributed by atoms with Crippen LogP contribution >= 0.6 is 0 Å². The largest absolute Gasteiger partial charge is 0.340 e. The number of unbranched alkanes of at least 4 members (excludes halogenated alkanes) is 1. The van der Waals surface area contributed by atoms with Gasteiger partial charge in [-0.15, -0.1) is 0 Å². The van der Waals surface area contributed by atoms with Gasteiger partial charge < -0.3 is 4.90 Å². The Bertz CT molecular complexity index is 154. The number of rotatable bonds is 5. The van der Waals surface area contributed by atoms with Crippen LogP contribution in [0.3, 0.4) is 0 Å². The molecule has 1 heterocycles. The minimum Gasteiger partial charge on any atom is -0.340 e. The van der Waals surface area contributed by atoms with Gasteiger partial charge in [-0.05, 0) is 12.8 Å². The molecule has 0 fully saturated rings. The highest BCUT2D eigenvalue weighted by molar-refractivity contribution is 5.83. The highest BCUT2D eigenvalue weighted by atomic mass is 15.5. The van der Waals surface area contributed by atoms with Crippen molar-refractivity contribution in [1.82, 2.24) is 10.3 Å². The van der Waals surface area contributed by atoms with Gasteiger partial charge in [0.25, 0.3) is 0 Å². The normalized spacial score (nSPS) is 16.2. The number of nitrogens with one attached hydrogen (secondary N) is 1. The van der Waals surface area contributed by atoms with Crippen LogP contribution in [0, 0.1) is 0 Å².